The standard InChI is InChI=1S/C14H21N3O2/c1-14(2,3)11-7-15-13(16-8-11)17-5-4-10(9-17)6-12(18)19/h7-8,10H,4-6,9H2,1-3H3,(H,18,19). The van der Waals surface area contributed by atoms with E-state index in [1.165, 1.54) is 0 Å². The van der Waals surface area contributed by atoms with Crippen molar-refractivity contribution >= 4 is 11.9 Å². The van der Waals surface area contributed by atoms with Gasteiger partial charge >= 0.3 is 5.97 Å². The van der Waals surface area contributed by atoms with Gasteiger partial charge in [-0.15, -0.1) is 0 Å². The normalized spacial score (nSPS) is 19.7. The van der Waals surface area contributed by atoms with Crippen LogP contribution < -0.4 is 4.90 Å². The number of carboxylic acids is 1. The monoisotopic (exact) mass is 263 g/mol. The molecule has 0 radical (unpaired) electrons. The third kappa shape index (κ3) is 3.43. The van der Waals surface area contributed by atoms with Crippen molar-refractivity contribution in [3.8, 4) is 0 Å². The van der Waals surface area contributed by atoms with Crippen molar-refractivity contribution in [2.45, 2.75) is 39.0 Å². The first-order valence-corrected chi connectivity index (χ1v) is 6.65. The summed E-state index contributed by atoms with van der Waals surface area (Å²) >= 11 is 0. The highest BCUT2D eigenvalue weighted by molar-refractivity contribution is 5.67. The number of aliphatic carboxylic acids is 1. The quantitative estimate of drug-likeness (QED) is 0.904. The summed E-state index contributed by atoms with van der Waals surface area (Å²) in [6, 6.07) is 0. The number of carbonyl (C=O) groups is 1. The molecule has 0 saturated carbocycles. The average molecular weight is 263 g/mol. The van der Waals surface area contributed by atoms with Gasteiger partial charge in [-0.2, -0.15) is 0 Å². The molecule has 0 bridgehead atoms. The van der Waals surface area contributed by atoms with Crippen LogP contribution in [0.5, 0.6) is 0 Å². The van der Waals surface area contributed by atoms with Crippen LogP contribution in [0.2, 0.25) is 0 Å². The van der Waals surface area contributed by atoms with Gasteiger partial charge in [0.05, 0.1) is 0 Å². The van der Waals surface area contributed by atoms with E-state index < -0.39 is 5.97 Å². The number of aromatic nitrogens is 2. The molecule has 2 rings (SSSR count). The highest BCUT2D eigenvalue weighted by Crippen LogP contribution is 2.25. The van der Waals surface area contributed by atoms with Gasteiger partial charge in [0.15, 0.2) is 0 Å². The minimum Gasteiger partial charge on any atom is -0.481 e. The number of rotatable bonds is 3. The predicted molar refractivity (Wildman–Crippen MR) is 73.3 cm³/mol. The Labute approximate surface area is 113 Å². The smallest absolute Gasteiger partial charge is 0.303 e. The summed E-state index contributed by atoms with van der Waals surface area (Å²) in [5.74, 6) is 0.195. The van der Waals surface area contributed by atoms with Crippen LogP contribution in [-0.4, -0.2) is 34.1 Å². The molecule has 0 aliphatic carbocycles. The molecule has 1 fully saturated rings. The molecule has 0 amide bonds. The predicted octanol–water partition coefficient (Wildman–Crippen LogP) is 2.08. The first kappa shape index (κ1) is 13.8. The molecule has 1 aliphatic rings. The van der Waals surface area contributed by atoms with E-state index in [1.54, 1.807) is 0 Å². The second-order valence-electron chi connectivity index (χ2n) is 6.22. The summed E-state index contributed by atoms with van der Waals surface area (Å²) in [4.78, 5) is 21.6. The Hall–Kier alpha value is -1.65. The fourth-order valence-corrected chi connectivity index (χ4v) is 2.30. The van der Waals surface area contributed by atoms with E-state index in [-0.39, 0.29) is 17.8 Å². The van der Waals surface area contributed by atoms with Crippen LogP contribution in [0.4, 0.5) is 5.95 Å². The molecule has 0 spiro atoms. The van der Waals surface area contributed by atoms with Crippen molar-refractivity contribution < 1.29 is 9.90 Å². The lowest BCUT2D eigenvalue weighted by Gasteiger charge is -2.20. The molecular formula is C14H21N3O2. The topological polar surface area (TPSA) is 66.3 Å². The zero-order valence-electron chi connectivity index (χ0n) is 11.8. The Morgan fingerprint density at radius 1 is 1.42 bits per heavy atom. The summed E-state index contributed by atoms with van der Waals surface area (Å²) in [7, 11) is 0. The zero-order chi connectivity index (χ0) is 14.0. The van der Waals surface area contributed by atoms with E-state index in [0.29, 0.717) is 5.95 Å². The molecule has 0 aromatic carbocycles. The molecule has 104 valence electrons. The molecule has 2 heterocycles. The number of carboxylic acid groups (broad SMARTS) is 1. The van der Waals surface area contributed by atoms with Crippen LogP contribution >= 0.6 is 0 Å². The summed E-state index contributed by atoms with van der Waals surface area (Å²) in [5.41, 5.74) is 1.16. The summed E-state index contributed by atoms with van der Waals surface area (Å²) in [6.07, 6.45) is 4.87. The number of hydrogen-bond donors (Lipinski definition) is 1. The minimum absolute atomic E-state index is 0.0510. The van der Waals surface area contributed by atoms with Crippen LogP contribution in [0.1, 0.15) is 39.2 Å². The van der Waals surface area contributed by atoms with E-state index in [4.69, 9.17) is 5.11 Å². The lowest BCUT2D eigenvalue weighted by Crippen LogP contribution is -2.23. The SMILES string of the molecule is CC(C)(C)c1cnc(N2CCC(CC(=O)O)C2)nc1. The van der Waals surface area contributed by atoms with Gasteiger partial charge in [0.1, 0.15) is 0 Å². The van der Waals surface area contributed by atoms with Crippen LogP contribution in [0.25, 0.3) is 0 Å². The molecule has 1 N–H and O–H groups in total. The highest BCUT2D eigenvalue weighted by Gasteiger charge is 2.26. The largest absolute Gasteiger partial charge is 0.481 e. The lowest BCUT2D eigenvalue weighted by atomic mass is 9.89. The maximum Gasteiger partial charge on any atom is 0.303 e. The van der Waals surface area contributed by atoms with Crippen molar-refractivity contribution in [2.24, 2.45) is 5.92 Å². The Morgan fingerprint density at radius 2 is 2.05 bits per heavy atom. The fourth-order valence-electron chi connectivity index (χ4n) is 2.30. The Balaban J connectivity index is 2.02. The number of nitrogens with zero attached hydrogens (tertiary/aromatic N) is 3. The first-order valence-electron chi connectivity index (χ1n) is 6.65. The van der Waals surface area contributed by atoms with Gasteiger partial charge in [0.2, 0.25) is 5.95 Å². The summed E-state index contributed by atoms with van der Waals surface area (Å²) in [5, 5.41) is 8.81. The average Bonchev–Trinajstić information content (AvgIpc) is 2.75. The maximum atomic E-state index is 10.7. The van der Waals surface area contributed by atoms with Gasteiger partial charge in [0.25, 0.3) is 0 Å². The lowest BCUT2D eigenvalue weighted by molar-refractivity contribution is -0.137. The molecule has 1 unspecified atom stereocenters. The van der Waals surface area contributed by atoms with Gasteiger partial charge in [-0.25, -0.2) is 9.97 Å². The molecule has 1 aromatic rings. The van der Waals surface area contributed by atoms with Crippen LogP contribution in [-0.2, 0) is 10.2 Å². The van der Waals surface area contributed by atoms with Crippen LogP contribution in [0, 0.1) is 5.92 Å². The van der Waals surface area contributed by atoms with Crippen LogP contribution in [0.15, 0.2) is 12.4 Å². The van der Waals surface area contributed by atoms with E-state index >= 15 is 0 Å². The van der Waals surface area contributed by atoms with Gasteiger partial charge in [0, 0.05) is 31.9 Å². The molecule has 5 heteroatoms. The summed E-state index contributed by atoms with van der Waals surface area (Å²) in [6.45, 7) is 7.96. The summed E-state index contributed by atoms with van der Waals surface area (Å²) < 4.78 is 0. The van der Waals surface area contributed by atoms with Crippen molar-refractivity contribution in [3.05, 3.63) is 18.0 Å². The molecule has 1 atom stereocenters. The second kappa shape index (κ2) is 5.15. The van der Waals surface area contributed by atoms with E-state index in [0.717, 1.165) is 25.1 Å². The first-order chi connectivity index (χ1) is 8.86. The van der Waals surface area contributed by atoms with E-state index in [2.05, 4.69) is 35.6 Å². The molecule has 19 heavy (non-hydrogen) atoms. The van der Waals surface area contributed by atoms with E-state index in [9.17, 15) is 4.79 Å². The third-order valence-corrected chi connectivity index (χ3v) is 3.54. The molecule has 1 saturated heterocycles. The second-order valence-corrected chi connectivity index (χ2v) is 6.22. The van der Waals surface area contributed by atoms with Gasteiger partial charge in [-0.05, 0) is 23.3 Å². The molecular weight excluding hydrogens is 242 g/mol. The van der Waals surface area contributed by atoms with Crippen molar-refractivity contribution in [2.75, 3.05) is 18.0 Å². The van der Waals surface area contributed by atoms with Gasteiger partial charge < -0.3 is 10.0 Å². The number of anilines is 1. The third-order valence-electron chi connectivity index (χ3n) is 3.54. The Bertz CT molecular complexity index is 451. The zero-order valence-corrected chi connectivity index (χ0v) is 11.8. The number of hydrogen-bond acceptors (Lipinski definition) is 4. The van der Waals surface area contributed by atoms with E-state index in [1.807, 2.05) is 12.4 Å². The highest BCUT2D eigenvalue weighted by atomic mass is 16.4. The minimum atomic E-state index is -0.726. The Kier molecular flexibility index (Phi) is 3.73. The van der Waals surface area contributed by atoms with Crippen molar-refractivity contribution in [3.63, 3.8) is 0 Å². The van der Waals surface area contributed by atoms with Crippen LogP contribution in [0.3, 0.4) is 0 Å². The maximum absolute atomic E-state index is 10.7. The molecule has 1 aliphatic heterocycles. The Morgan fingerprint density at radius 3 is 2.58 bits per heavy atom. The molecule has 5 nitrogen and oxygen atoms in total. The van der Waals surface area contributed by atoms with Gasteiger partial charge in [-0.1, -0.05) is 20.8 Å². The van der Waals surface area contributed by atoms with Gasteiger partial charge in [-0.3, -0.25) is 4.79 Å². The molecule has 1 aromatic heterocycles. The van der Waals surface area contributed by atoms with Crippen molar-refractivity contribution in [1.82, 2.24) is 9.97 Å². The fraction of sp³-hybridized carbons (Fsp3) is 0.643. The van der Waals surface area contributed by atoms with Crippen molar-refractivity contribution in [1.29, 1.82) is 0 Å².